The number of hydrogen-bond acceptors (Lipinski definition) is 3. The van der Waals surface area contributed by atoms with Gasteiger partial charge in [0.25, 0.3) is 5.91 Å². The summed E-state index contributed by atoms with van der Waals surface area (Å²) in [7, 11) is 0. The van der Waals surface area contributed by atoms with Crippen molar-refractivity contribution in [3.05, 3.63) is 58.3 Å². The third-order valence-electron chi connectivity index (χ3n) is 2.89. The van der Waals surface area contributed by atoms with Gasteiger partial charge in [0.1, 0.15) is 11.6 Å². The highest BCUT2D eigenvalue weighted by atomic mass is 79.9. The molecule has 0 spiro atoms. The fourth-order valence-electron chi connectivity index (χ4n) is 1.86. The number of carbonyl (C=O) groups excluding carboxylic acids is 1. The van der Waals surface area contributed by atoms with Crippen LogP contribution in [0, 0.1) is 5.82 Å². The van der Waals surface area contributed by atoms with Gasteiger partial charge in [-0.1, -0.05) is 0 Å². The maximum absolute atomic E-state index is 12.9. The van der Waals surface area contributed by atoms with Crippen LogP contribution in [0.25, 0.3) is 0 Å². The van der Waals surface area contributed by atoms with Crippen LogP contribution in [-0.2, 0) is 0 Å². The van der Waals surface area contributed by atoms with E-state index in [-0.39, 0.29) is 22.9 Å². The minimum atomic E-state index is -0.355. The molecule has 2 N–H and O–H groups in total. The summed E-state index contributed by atoms with van der Waals surface area (Å²) in [4.78, 5) is 12.2. The van der Waals surface area contributed by atoms with Gasteiger partial charge in [0, 0.05) is 11.3 Å². The zero-order chi connectivity index (χ0) is 17.7. The van der Waals surface area contributed by atoms with Crippen LogP contribution >= 0.6 is 28.1 Å². The van der Waals surface area contributed by atoms with Crippen molar-refractivity contribution >= 4 is 44.9 Å². The molecule has 4 nitrogen and oxygen atoms in total. The lowest BCUT2D eigenvalue weighted by Gasteiger charge is -2.13. The van der Waals surface area contributed by atoms with E-state index in [1.165, 1.54) is 24.3 Å². The first-order chi connectivity index (χ1) is 11.3. The van der Waals surface area contributed by atoms with Crippen LogP contribution in [0.1, 0.15) is 24.2 Å². The van der Waals surface area contributed by atoms with Gasteiger partial charge in [0.15, 0.2) is 5.11 Å². The number of halogens is 2. The van der Waals surface area contributed by atoms with E-state index in [0.29, 0.717) is 21.5 Å². The lowest BCUT2D eigenvalue weighted by molar-refractivity contribution is 0.0977. The second-order valence-electron chi connectivity index (χ2n) is 5.23. The predicted octanol–water partition coefficient (Wildman–Crippen LogP) is 4.50. The molecule has 2 aromatic rings. The van der Waals surface area contributed by atoms with Crippen molar-refractivity contribution in [1.82, 2.24) is 5.32 Å². The van der Waals surface area contributed by atoms with E-state index in [4.69, 9.17) is 17.0 Å². The molecule has 0 aliphatic carbocycles. The SMILES string of the molecule is CC(C)Oc1ccc(C(=O)NC(=S)Nc2ccc(F)cc2)cc1Br. The maximum Gasteiger partial charge on any atom is 0.257 e. The molecule has 0 saturated heterocycles. The lowest BCUT2D eigenvalue weighted by Crippen LogP contribution is -2.34. The number of carbonyl (C=O) groups is 1. The van der Waals surface area contributed by atoms with Gasteiger partial charge in [0.05, 0.1) is 10.6 Å². The molecule has 7 heteroatoms. The summed E-state index contributed by atoms with van der Waals surface area (Å²) in [5, 5.41) is 5.52. The molecule has 0 saturated carbocycles. The number of nitrogens with one attached hydrogen (secondary N) is 2. The summed E-state index contributed by atoms with van der Waals surface area (Å²) in [6.45, 7) is 3.85. The van der Waals surface area contributed by atoms with Gasteiger partial charge in [0.2, 0.25) is 0 Å². The Bertz CT molecular complexity index is 751. The number of thiocarbonyl (C=S) groups is 1. The van der Waals surface area contributed by atoms with E-state index in [1.54, 1.807) is 18.2 Å². The van der Waals surface area contributed by atoms with Gasteiger partial charge in [-0.25, -0.2) is 4.39 Å². The van der Waals surface area contributed by atoms with E-state index >= 15 is 0 Å². The molecular weight excluding hydrogens is 395 g/mol. The molecule has 126 valence electrons. The van der Waals surface area contributed by atoms with Crippen LogP contribution in [0.15, 0.2) is 46.9 Å². The summed E-state index contributed by atoms with van der Waals surface area (Å²) in [6, 6.07) is 10.7. The Morgan fingerprint density at radius 2 is 1.88 bits per heavy atom. The average Bonchev–Trinajstić information content (AvgIpc) is 2.51. The van der Waals surface area contributed by atoms with E-state index in [2.05, 4.69) is 26.6 Å². The smallest absolute Gasteiger partial charge is 0.257 e. The van der Waals surface area contributed by atoms with E-state index in [0.717, 1.165) is 0 Å². The molecule has 0 aliphatic heterocycles. The molecule has 0 heterocycles. The van der Waals surface area contributed by atoms with Gasteiger partial charge < -0.3 is 10.1 Å². The Kier molecular flexibility index (Phi) is 6.28. The molecule has 0 aromatic heterocycles. The Morgan fingerprint density at radius 1 is 1.21 bits per heavy atom. The second-order valence-corrected chi connectivity index (χ2v) is 6.49. The number of amides is 1. The maximum atomic E-state index is 12.9. The zero-order valence-electron chi connectivity index (χ0n) is 13.1. The molecule has 0 fully saturated rings. The van der Waals surface area contributed by atoms with Gasteiger partial charge in [-0.05, 0) is 84.5 Å². The first kappa shape index (κ1) is 18.4. The molecule has 1 amide bonds. The van der Waals surface area contributed by atoms with Crippen LogP contribution in [0.5, 0.6) is 5.75 Å². The number of anilines is 1. The third kappa shape index (κ3) is 5.28. The highest BCUT2D eigenvalue weighted by Gasteiger charge is 2.11. The number of benzene rings is 2. The molecule has 24 heavy (non-hydrogen) atoms. The monoisotopic (exact) mass is 410 g/mol. The fourth-order valence-corrected chi connectivity index (χ4v) is 2.55. The molecule has 0 radical (unpaired) electrons. The molecule has 2 aromatic carbocycles. The van der Waals surface area contributed by atoms with Crippen molar-refractivity contribution in [1.29, 1.82) is 0 Å². The number of ether oxygens (including phenoxy) is 1. The van der Waals surface area contributed by atoms with Crippen LogP contribution < -0.4 is 15.4 Å². The zero-order valence-corrected chi connectivity index (χ0v) is 15.5. The second kappa shape index (κ2) is 8.21. The highest BCUT2D eigenvalue weighted by molar-refractivity contribution is 9.10. The first-order valence-electron chi connectivity index (χ1n) is 7.19. The normalized spacial score (nSPS) is 10.4. The van der Waals surface area contributed by atoms with Crippen molar-refractivity contribution in [2.24, 2.45) is 0 Å². The average molecular weight is 411 g/mol. The number of rotatable bonds is 4. The quantitative estimate of drug-likeness (QED) is 0.728. The van der Waals surface area contributed by atoms with Crippen molar-refractivity contribution in [3.8, 4) is 5.75 Å². The molecule has 2 rings (SSSR count). The first-order valence-corrected chi connectivity index (χ1v) is 8.39. The Hall–Kier alpha value is -1.99. The van der Waals surface area contributed by atoms with E-state index in [1.807, 2.05) is 13.8 Å². The van der Waals surface area contributed by atoms with Crippen LogP contribution in [-0.4, -0.2) is 17.1 Å². The van der Waals surface area contributed by atoms with Crippen molar-refractivity contribution in [3.63, 3.8) is 0 Å². The Morgan fingerprint density at radius 3 is 2.46 bits per heavy atom. The van der Waals surface area contributed by atoms with Crippen LogP contribution in [0.2, 0.25) is 0 Å². The molecule has 0 atom stereocenters. The van der Waals surface area contributed by atoms with E-state index in [9.17, 15) is 9.18 Å². The van der Waals surface area contributed by atoms with Crippen molar-refractivity contribution in [2.45, 2.75) is 20.0 Å². The minimum absolute atomic E-state index is 0.0356. The van der Waals surface area contributed by atoms with Gasteiger partial charge in [-0.3, -0.25) is 10.1 Å². The summed E-state index contributed by atoms with van der Waals surface area (Å²) < 4.78 is 19.1. The van der Waals surface area contributed by atoms with Gasteiger partial charge in [-0.2, -0.15) is 0 Å². The van der Waals surface area contributed by atoms with Crippen LogP contribution in [0.4, 0.5) is 10.1 Å². The van der Waals surface area contributed by atoms with E-state index < -0.39 is 0 Å². The standard InChI is InChI=1S/C17H16BrFN2O2S/c1-10(2)23-15-8-3-11(9-14(15)18)16(22)21-17(24)20-13-6-4-12(19)5-7-13/h3-10H,1-2H3,(H2,20,21,22,24). The minimum Gasteiger partial charge on any atom is -0.490 e. The molecule has 0 unspecified atom stereocenters. The Balaban J connectivity index is 1.99. The van der Waals surface area contributed by atoms with Gasteiger partial charge in [-0.15, -0.1) is 0 Å². The summed E-state index contributed by atoms with van der Waals surface area (Å²) >= 11 is 8.47. The third-order valence-corrected chi connectivity index (χ3v) is 3.71. The lowest BCUT2D eigenvalue weighted by atomic mass is 10.2. The molecular formula is C17H16BrFN2O2S. The van der Waals surface area contributed by atoms with Gasteiger partial charge >= 0.3 is 0 Å². The topological polar surface area (TPSA) is 50.4 Å². The fraction of sp³-hybridized carbons (Fsp3) is 0.176. The summed E-state index contributed by atoms with van der Waals surface area (Å²) in [5.41, 5.74) is 1.02. The molecule has 0 bridgehead atoms. The molecule has 0 aliphatic rings. The van der Waals surface area contributed by atoms with Crippen molar-refractivity contribution < 1.29 is 13.9 Å². The largest absolute Gasteiger partial charge is 0.490 e. The highest BCUT2D eigenvalue weighted by Crippen LogP contribution is 2.26. The summed E-state index contributed by atoms with van der Waals surface area (Å²) in [5.74, 6) is -0.0379. The Labute approximate surface area is 153 Å². The number of hydrogen-bond donors (Lipinski definition) is 2. The van der Waals surface area contributed by atoms with Crippen molar-refractivity contribution in [2.75, 3.05) is 5.32 Å². The summed E-state index contributed by atoms with van der Waals surface area (Å²) in [6.07, 6.45) is 0.0356. The van der Waals surface area contributed by atoms with Crippen LogP contribution in [0.3, 0.4) is 0 Å². The predicted molar refractivity (Wildman–Crippen MR) is 100.0 cm³/mol.